The van der Waals surface area contributed by atoms with Crippen LogP contribution in [0, 0.1) is 0 Å². The van der Waals surface area contributed by atoms with Gasteiger partial charge in [0.15, 0.2) is 12.1 Å². The number of rotatable bonds is 3. The van der Waals surface area contributed by atoms with Crippen LogP contribution in [-0.4, -0.2) is 57.9 Å². The quantitative estimate of drug-likeness (QED) is 0.711. The van der Waals surface area contributed by atoms with Crippen LogP contribution in [-0.2, 0) is 28.8 Å². The Morgan fingerprint density at radius 3 is 2.35 bits per heavy atom. The van der Waals surface area contributed by atoms with Crippen molar-refractivity contribution >= 4 is 9.84 Å². The predicted molar refractivity (Wildman–Crippen MR) is 59.2 cm³/mol. The fraction of sp³-hybridized carbons (Fsp3) is 1.00. The zero-order valence-corrected chi connectivity index (χ0v) is 11.2. The van der Waals surface area contributed by atoms with Crippen LogP contribution in [0.5, 0.6) is 0 Å². The molecule has 2 saturated heterocycles. The molecule has 4 atom stereocenters. The van der Waals surface area contributed by atoms with Gasteiger partial charge in [-0.05, 0) is 13.8 Å². The van der Waals surface area contributed by atoms with Crippen molar-refractivity contribution in [3.05, 3.63) is 0 Å². The third kappa shape index (κ3) is 2.79. The van der Waals surface area contributed by atoms with Crippen molar-refractivity contribution in [1.29, 1.82) is 0 Å². The number of hydrogen-bond donors (Lipinski definition) is 0. The molecule has 0 amide bonds. The Hall–Kier alpha value is -0.210. The summed E-state index contributed by atoms with van der Waals surface area (Å²) in [5.41, 5.74) is 0. The van der Waals surface area contributed by atoms with Crippen molar-refractivity contribution in [2.75, 3.05) is 19.1 Å². The Labute approximate surface area is 101 Å². The van der Waals surface area contributed by atoms with Gasteiger partial charge in [0.1, 0.15) is 28.1 Å². The first-order chi connectivity index (χ1) is 7.72. The van der Waals surface area contributed by atoms with Crippen LogP contribution in [0.15, 0.2) is 0 Å². The lowest BCUT2D eigenvalue weighted by atomic mass is 10.2. The van der Waals surface area contributed by atoms with Crippen molar-refractivity contribution < 1.29 is 27.4 Å². The van der Waals surface area contributed by atoms with E-state index >= 15 is 0 Å². The normalized spacial score (nSPS) is 40.5. The number of methoxy groups -OCH3 is 1. The highest BCUT2D eigenvalue weighted by atomic mass is 32.2. The van der Waals surface area contributed by atoms with Gasteiger partial charge in [-0.3, -0.25) is 0 Å². The van der Waals surface area contributed by atoms with E-state index in [-0.39, 0.29) is 11.9 Å². The molecule has 2 aliphatic heterocycles. The third-order valence-corrected chi connectivity index (χ3v) is 3.74. The van der Waals surface area contributed by atoms with Gasteiger partial charge in [-0.25, -0.2) is 8.42 Å². The smallest absolute Gasteiger partial charge is 0.186 e. The van der Waals surface area contributed by atoms with Gasteiger partial charge in [-0.15, -0.1) is 0 Å². The second kappa shape index (κ2) is 4.17. The Kier molecular flexibility index (Phi) is 3.24. The van der Waals surface area contributed by atoms with Crippen LogP contribution in [0.3, 0.4) is 0 Å². The van der Waals surface area contributed by atoms with Crippen LogP contribution in [0.4, 0.5) is 0 Å². The summed E-state index contributed by atoms with van der Waals surface area (Å²) in [6.45, 7) is 3.57. The maximum atomic E-state index is 11.3. The minimum Gasteiger partial charge on any atom is -0.353 e. The van der Waals surface area contributed by atoms with Gasteiger partial charge in [0, 0.05) is 13.4 Å². The van der Waals surface area contributed by atoms with Gasteiger partial charge in [0.25, 0.3) is 0 Å². The Bertz CT molecular complexity index is 390. The molecule has 100 valence electrons. The van der Waals surface area contributed by atoms with E-state index in [1.165, 1.54) is 13.4 Å². The molecule has 0 N–H and O–H groups in total. The maximum absolute atomic E-state index is 11.3. The van der Waals surface area contributed by atoms with Gasteiger partial charge in [0.05, 0.1) is 5.75 Å². The van der Waals surface area contributed by atoms with Crippen LogP contribution < -0.4 is 0 Å². The van der Waals surface area contributed by atoms with Crippen molar-refractivity contribution in [2.45, 2.75) is 44.2 Å². The molecule has 2 heterocycles. The topological polar surface area (TPSA) is 71.1 Å². The molecular weight excluding hydrogens is 248 g/mol. The van der Waals surface area contributed by atoms with E-state index in [4.69, 9.17) is 18.9 Å². The molecule has 17 heavy (non-hydrogen) atoms. The molecule has 0 radical (unpaired) electrons. The molecule has 2 fully saturated rings. The second-order valence-corrected chi connectivity index (χ2v) is 7.12. The highest BCUT2D eigenvalue weighted by Crippen LogP contribution is 2.39. The van der Waals surface area contributed by atoms with Crippen LogP contribution in [0.1, 0.15) is 13.8 Å². The summed E-state index contributed by atoms with van der Waals surface area (Å²) >= 11 is 0. The van der Waals surface area contributed by atoms with Gasteiger partial charge >= 0.3 is 0 Å². The molecule has 0 aromatic rings. The molecule has 0 saturated carbocycles. The first kappa shape index (κ1) is 13.2. The standard InChI is InChI=1S/C10H18O6S/c1-10(2)15-7-6(5-17(4,11)12)14-9(13-3)8(7)16-10/h6-9H,5H2,1-4H3/t6-,7-,8-,9-/m1/s1. The third-order valence-electron chi connectivity index (χ3n) is 2.81. The van der Waals surface area contributed by atoms with Gasteiger partial charge in [-0.1, -0.05) is 0 Å². The summed E-state index contributed by atoms with van der Waals surface area (Å²) in [6, 6.07) is 0. The Morgan fingerprint density at radius 2 is 1.82 bits per heavy atom. The molecule has 0 aromatic heterocycles. The minimum absolute atomic E-state index is 0.0898. The first-order valence-electron chi connectivity index (χ1n) is 5.43. The lowest BCUT2D eigenvalue weighted by molar-refractivity contribution is -0.224. The molecule has 0 bridgehead atoms. The largest absolute Gasteiger partial charge is 0.353 e. The molecule has 2 rings (SSSR count). The van der Waals surface area contributed by atoms with E-state index in [0.29, 0.717) is 0 Å². The summed E-state index contributed by atoms with van der Waals surface area (Å²) in [5.74, 6) is -0.820. The number of hydrogen-bond acceptors (Lipinski definition) is 6. The van der Waals surface area contributed by atoms with Crippen molar-refractivity contribution in [1.82, 2.24) is 0 Å². The van der Waals surface area contributed by atoms with Gasteiger partial charge < -0.3 is 18.9 Å². The molecule has 0 aliphatic carbocycles. The van der Waals surface area contributed by atoms with Crippen molar-refractivity contribution in [2.24, 2.45) is 0 Å². The van der Waals surface area contributed by atoms with E-state index < -0.39 is 34.1 Å². The average molecular weight is 266 g/mol. The lowest BCUT2D eigenvalue weighted by Gasteiger charge is -2.23. The van der Waals surface area contributed by atoms with Gasteiger partial charge in [0.2, 0.25) is 0 Å². The zero-order chi connectivity index (χ0) is 12.8. The van der Waals surface area contributed by atoms with Gasteiger partial charge in [-0.2, -0.15) is 0 Å². The SMILES string of the molecule is CO[C@@H]1O[C@H](CS(C)(=O)=O)[C@H]2OC(C)(C)O[C@@H]12. The van der Waals surface area contributed by atoms with Crippen molar-refractivity contribution in [3.63, 3.8) is 0 Å². The molecular formula is C10H18O6S. The molecule has 0 unspecified atom stereocenters. The van der Waals surface area contributed by atoms with E-state index in [2.05, 4.69) is 0 Å². The molecule has 6 nitrogen and oxygen atoms in total. The monoisotopic (exact) mass is 266 g/mol. The van der Waals surface area contributed by atoms with E-state index in [1.807, 2.05) is 0 Å². The van der Waals surface area contributed by atoms with Crippen LogP contribution >= 0.6 is 0 Å². The zero-order valence-electron chi connectivity index (χ0n) is 10.4. The van der Waals surface area contributed by atoms with E-state index in [0.717, 1.165) is 0 Å². The number of sulfone groups is 1. The van der Waals surface area contributed by atoms with Crippen molar-refractivity contribution in [3.8, 4) is 0 Å². The Balaban J connectivity index is 2.15. The minimum atomic E-state index is -3.13. The fourth-order valence-electron chi connectivity index (χ4n) is 2.26. The highest BCUT2D eigenvalue weighted by Gasteiger charge is 2.56. The summed E-state index contributed by atoms with van der Waals surface area (Å²) in [4.78, 5) is 0. The van der Waals surface area contributed by atoms with Crippen LogP contribution in [0.2, 0.25) is 0 Å². The molecule has 0 spiro atoms. The van der Waals surface area contributed by atoms with E-state index in [1.54, 1.807) is 13.8 Å². The molecule has 0 aromatic carbocycles. The lowest BCUT2D eigenvalue weighted by Crippen LogP contribution is -2.34. The molecule has 2 aliphatic rings. The summed E-state index contributed by atoms with van der Waals surface area (Å²) in [6.07, 6.45) is -0.714. The Morgan fingerprint density at radius 1 is 1.24 bits per heavy atom. The van der Waals surface area contributed by atoms with E-state index in [9.17, 15) is 8.42 Å². The molecule has 7 heteroatoms. The summed E-state index contributed by atoms with van der Waals surface area (Å²) < 4.78 is 44.6. The summed E-state index contributed by atoms with van der Waals surface area (Å²) in [5, 5.41) is 0. The number of ether oxygens (including phenoxy) is 4. The van der Waals surface area contributed by atoms with Crippen LogP contribution in [0.25, 0.3) is 0 Å². The summed E-state index contributed by atoms with van der Waals surface area (Å²) in [7, 11) is -1.63. The average Bonchev–Trinajstić information content (AvgIpc) is 2.59. The predicted octanol–water partition coefficient (Wildman–Crippen LogP) is -0.0776. The first-order valence-corrected chi connectivity index (χ1v) is 7.49. The second-order valence-electron chi connectivity index (χ2n) is 4.94. The highest BCUT2D eigenvalue weighted by molar-refractivity contribution is 7.90. The fourth-order valence-corrected chi connectivity index (χ4v) is 3.13. The maximum Gasteiger partial charge on any atom is 0.186 e. The number of fused-ring (bicyclic) bond motifs is 1.